The summed E-state index contributed by atoms with van der Waals surface area (Å²) >= 11 is 0. The van der Waals surface area contributed by atoms with Crippen LogP contribution in [0.1, 0.15) is 45.9 Å². The highest BCUT2D eigenvalue weighted by Gasteiger charge is 2.30. The fraction of sp³-hybridized carbons (Fsp3) is 0.318. The maximum absolute atomic E-state index is 13.5. The minimum atomic E-state index is -0.158. The van der Waals surface area contributed by atoms with Crippen LogP contribution in [0.2, 0.25) is 0 Å². The Morgan fingerprint density at radius 2 is 1.64 bits per heavy atom. The summed E-state index contributed by atoms with van der Waals surface area (Å²) in [5.74, 6) is 0.0583. The van der Waals surface area contributed by atoms with Crippen molar-refractivity contribution in [3.8, 4) is 0 Å². The summed E-state index contributed by atoms with van der Waals surface area (Å²) in [5.41, 5.74) is 3.18. The maximum Gasteiger partial charge on any atom is 0.294 e. The van der Waals surface area contributed by atoms with E-state index in [2.05, 4.69) is 11.1 Å². The third kappa shape index (κ3) is 2.68. The molecule has 0 N–H and O–H groups in total. The van der Waals surface area contributed by atoms with E-state index in [1.807, 2.05) is 47.5 Å². The van der Waals surface area contributed by atoms with E-state index in [4.69, 9.17) is 0 Å². The second kappa shape index (κ2) is 6.78. The molecule has 142 valence electrons. The van der Waals surface area contributed by atoms with E-state index in [1.165, 1.54) is 5.56 Å². The van der Waals surface area contributed by atoms with Gasteiger partial charge in [-0.15, -0.1) is 0 Å². The van der Waals surface area contributed by atoms with Crippen molar-refractivity contribution in [1.29, 1.82) is 0 Å². The van der Waals surface area contributed by atoms with Crippen molar-refractivity contribution in [3.63, 3.8) is 0 Å². The largest absolute Gasteiger partial charge is 0.337 e. The van der Waals surface area contributed by atoms with Gasteiger partial charge in [0.15, 0.2) is 5.69 Å². The molecule has 3 aromatic rings. The molecule has 1 fully saturated rings. The third-order valence-electron chi connectivity index (χ3n) is 5.69. The van der Waals surface area contributed by atoms with E-state index in [1.54, 1.807) is 9.30 Å². The molecule has 0 radical (unpaired) electrons. The van der Waals surface area contributed by atoms with Gasteiger partial charge in [0.05, 0.1) is 5.52 Å². The Morgan fingerprint density at radius 3 is 2.50 bits per heavy atom. The SMILES string of the molecule is O=C(c1nc(C(=O)N2CCCc3ccccc32)n2ccccc12)N1CCCC1. The Labute approximate surface area is 163 Å². The van der Waals surface area contributed by atoms with Crippen LogP contribution in [-0.2, 0) is 6.42 Å². The summed E-state index contributed by atoms with van der Waals surface area (Å²) in [7, 11) is 0. The number of carbonyl (C=O) groups is 2. The zero-order valence-electron chi connectivity index (χ0n) is 15.7. The van der Waals surface area contributed by atoms with E-state index < -0.39 is 0 Å². The molecule has 4 heterocycles. The Bertz CT molecular complexity index is 1070. The van der Waals surface area contributed by atoms with Crippen LogP contribution in [0.15, 0.2) is 48.7 Å². The van der Waals surface area contributed by atoms with Crippen molar-refractivity contribution in [2.45, 2.75) is 25.7 Å². The molecule has 28 heavy (non-hydrogen) atoms. The number of fused-ring (bicyclic) bond motifs is 2. The van der Waals surface area contributed by atoms with E-state index in [-0.39, 0.29) is 11.8 Å². The number of carbonyl (C=O) groups excluding carboxylic acids is 2. The lowest BCUT2D eigenvalue weighted by molar-refractivity contribution is 0.0789. The smallest absolute Gasteiger partial charge is 0.294 e. The lowest BCUT2D eigenvalue weighted by Gasteiger charge is -2.28. The van der Waals surface area contributed by atoms with E-state index in [9.17, 15) is 9.59 Å². The topological polar surface area (TPSA) is 57.9 Å². The van der Waals surface area contributed by atoms with E-state index >= 15 is 0 Å². The van der Waals surface area contributed by atoms with Gasteiger partial charge in [0.1, 0.15) is 0 Å². The third-order valence-corrected chi connectivity index (χ3v) is 5.69. The minimum Gasteiger partial charge on any atom is -0.337 e. The number of anilines is 1. The van der Waals surface area contributed by atoms with Gasteiger partial charge in [0.2, 0.25) is 5.82 Å². The molecule has 0 unspecified atom stereocenters. The van der Waals surface area contributed by atoms with Gasteiger partial charge < -0.3 is 9.80 Å². The molecular formula is C22H22N4O2. The molecule has 1 saturated heterocycles. The normalized spacial score (nSPS) is 16.4. The molecule has 2 amide bonds. The number of para-hydroxylation sites is 1. The van der Waals surface area contributed by atoms with Crippen molar-refractivity contribution in [3.05, 3.63) is 65.7 Å². The predicted molar refractivity (Wildman–Crippen MR) is 107 cm³/mol. The van der Waals surface area contributed by atoms with Crippen LogP contribution in [0.5, 0.6) is 0 Å². The first-order chi connectivity index (χ1) is 13.7. The van der Waals surface area contributed by atoms with Gasteiger partial charge in [-0.1, -0.05) is 24.3 Å². The number of hydrogen-bond donors (Lipinski definition) is 0. The molecule has 2 aliphatic heterocycles. The number of amides is 2. The van der Waals surface area contributed by atoms with Gasteiger partial charge in [-0.3, -0.25) is 14.0 Å². The molecule has 1 aromatic carbocycles. The van der Waals surface area contributed by atoms with Crippen molar-refractivity contribution >= 4 is 23.0 Å². The Balaban J connectivity index is 1.58. The zero-order valence-corrected chi connectivity index (χ0v) is 15.7. The molecule has 2 aromatic heterocycles. The van der Waals surface area contributed by atoms with Crippen molar-refractivity contribution in [2.75, 3.05) is 24.5 Å². The molecule has 5 rings (SSSR count). The van der Waals surface area contributed by atoms with Gasteiger partial charge in [0.25, 0.3) is 11.8 Å². The van der Waals surface area contributed by atoms with Crippen molar-refractivity contribution < 1.29 is 9.59 Å². The van der Waals surface area contributed by atoms with E-state index in [0.717, 1.165) is 44.5 Å². The molecule has 0 atom stereocenters. The van der Waals surface area contributed by atoms with Crippen LogP contribution >= 0.6 is 0 Å². The van der Waals surface area contributed by atoms with Gasteiger partial charge >= 0.3 is 0 Å². The number of hydrogen-bond acceptors (Lipinski definition) is 3. The number of imidazole rings is 1. The van der Waals surface area contributed by atoms with Gasteiger partial charge in [-0.25, -0.2) is 4.98 Å². The summed E-state index contributed by atoms with van der Waals surface area (Å²) in [5, 5.41) is 0. The summed E-state index contributed by atoms with van der Waals surface area (Å²) in [6.07, 6.45) is 5.75. The van der Waals surface area contributed by atoms with Crippen LogP contribution in [0.25, 0.3) is 5.52 Å². The van der Waals surface area contributed by atoms with Crippen molar-refractivity contribution in [1.82, 2.24) is 14.3 Å². The fourth-order valence-electron chi connectivity index (χ4n) is 4.28. The van der Waals surface area contributed by atoms with Gasteiger partial charge in [0, 0.05) is 31.5 Å². The molecule has 0 saturated carbocycles. The van der Waals surface area contributed by atoms with Crippen LogP contribution < -0.4 is 4.90 Å². The number of likely N-dealkylation sites (tertiary alicyclic amines) is 1. The molecule has 2 aliphatic rings. The molecule has 0 aliphatic carbocycles. The Hall–Kier alpha value is -3.15. The summed E-state index contributed by atoms with van der Waals surface area (Å²) in [4.78, 5) is 34.6. The van der Waals surface area contributed by atoms with Crippen LogP contribution in [-0.4, -0.2) is 45.7 Å². The average molecular weight is 374 g/mol. The van der Waals surface area contributed by atoms with Crippen LogP contribution in [0, 0.1) is 0 Å². The lowest BCUT2D eigenvalue weighted by Crippen LogP contribution is -2.36. The predicted octanol–water partition coefficient (Wildman–Crippen LogP) is 3.16. The Morgan fingerprint density at radius 1 is 0.857 bits per heavy atom. The van der Waals surface area contributed by atoms with Crippen LogP contribution in [0.4, 0.5) is 5.69 Å². The molecule has 6 heteroatoms. The van der Waals surface area contributed by atoms with Crippen LogP contribution in [0.3, 0.4) is 0 Å². The highest BCUT2D eigenvalue weighted by molar-refractivity contribution is 6.07. The minimum absolute atomic E-state index is 0.0840. The standard InChI is InChI=1S/C22H22N4O2/c27-21(24-12-5-6-13-24)19-18-11-3-4-14-25(18)20(23-19)22(28)26-15-7-9-16-8-1-2-10-17(16)26/h1-4,8,10-11,14H,5-7,9,12-13,15H2. The fourth-order valence-corrected chi connectivity index (χ4v) is 4.28. The van der Waals surface area contributed by atoms with Gasteiger partial charge in [-0.2, -0.15) is 0 Å². The summed E-state index contributed by atoms with van der Waals surface area (Å²) in [6.45, 7) is 2.17. The number of nitrogens with zero attached hydrogens (tertiary/aromatic N) is 4. The molecular weight excluding hydrogens is 352 g/mol. The second-order valence-electron chi connectivity index (χ2n) is 7.43. The first-order valence-corrected chi connectivity index (χ1v) is 9.90. The monoisotopic (exact) mass is 374 g/mol. The highest BCUT2D eigenvalue weighted by Crippen LogP contribution is 2.28. The quantitative estimate of drug-likeness (QED) is 0.692. The number of pyridine rings is 1. The lowest BCUT2D eigenvalue weighted by atomic mass is 10.0. The molecule has 0 bridgehead atoms. The number of aryl methyl sites for hydroxylation is 1. The first-order valence-electron chi connectivity index (χ1n) is 9.90. The maximum atomic E-state index is 13.5. The average Bonchev–Trinajstić information content (AvgIpc) is 3.41. The second-order valence-corrected chi connectivity index (χ2v) is 7.43. The summed E-state index contributed by atoms with van der Waals surface area (Å²) in [6, 6.07) is 13.6. The number of benzene rings is 1. The first kappa shape index (κ1) is 17.0. The van der Waals surface area contributed by atoms with Gasteiger partial charge in [-0.05, 0) is 49.4 Å². The zero-order chi connectivity index (χ0) is 19.1. The van der Waals surface area contributed by atoms with E-state index in [0.29, 0.717) is 23.6 Å². The Kier molecular flexibility index (Phi) is 4.11. The summed E-state index contributed by atoms with van der Waals surface area (Å²) < 4.78 is 1.75. The molecule has 6 nitrogen and oxygen atoms in total. The number of aromatic nitrogens is 2. The highest BCUT2D eigenvalue weighted by atomic mass is 16.2. The number of rotatable bonds is 2. The molecule has 0 spiro atoms. The van der Waals surface area contributed by atoms with Crippen molar-refractivity contribution in [2.24, 2.45) is 0 Å².